The van der Waals surface area contributed by atoms with E-state index in [1.165, 1.54) is 47.8 Å². The van der Waals surface area contributed by atoms with Gasteiger partial charge in [-0.3, -0.25) is 47.7 Å². The molecule has 7 amide bonds. The molecule has 1 heterocycles. The zero-order valence-corrected chi connectivity index (χ0v) is 45.7. The number of benzene rings is 2. The molecule has 420 valence electrons. The van der Waals surface area contributed by atoms with E-state index in [1.54, 1.807) is 29.7 Å². The number of aliphatic carboxylic acids is 2. The summed E-state index contributed by atoms with van der Waals surface area (Å²) < 4.78 is 35.8. The maximum atomic E-state index is 14.4. The number of nitrogens with one attached hydrogen (secondary N) is 7. The molecule has 3 aromatic rings. The molecule has 10 N–H and O–H groups in total. The van der Waals surface area contributed by atoms with Crippen LogP contribution in [-0.4, -0.2) is 160 Å². The monoisotopic (exact) mass is 1120 g/mol. The molecular formula is C50H72N8O15S3. The van der Waals surface area contributed by atoms with Gasteiger partial charge in [0.1, 0.15) is 36.0 Å². The van der Waals surface area contributed by atoms with Crippen molar-refractivity contribution in [3.8, 4) is 5.75 Å². The Morgan fingerprint density at radius 2 is 1.18 bits per heavy atom. The summed E-state index contributed by atoms with van der Waals surface area (Å²) in [5, 5.41) is 35.2. The molecule has 5 atom stereocenters. The second kappa shape index (κ2) is 33.6. The van der Waals surface area contributed by atoms with Gasteiger partial charge in [-0.1, -0.05) is 69.9 Å². The Balaban J connectivity index is 1.87. The number of carbonyl (C=O) groups excluding carboxylic acids is 7. The third kappa shape index (κ3) is 23.7. The normalized spacial score (nSPS) is 13.2. The van der Waals surface area contributed by atoms with Crippen LogP contribution in [0.2, 0.25) is 0 Å². The van der Waals surface area contributed by atoms with Gasteiger partial charge in [0.15, 0.2) is 0 Å². The van der Waals surface area contributed by atoms with Crippen molar-refractivity contribution < 1.29 is 70.5 Å². The summed E-state index contributed by atoms with van der Waals surface area (Å²) in [7, 11) is -4.84. The summed E-state index contributed by atoms with van der Waals surface area (Å²) in [6.07, 6.45) is 8.15. The number of rotatable bonds is 37. The number of hydrogen-bond donors (Lipinski definition) is 10. The average molecular weight is 1120 g/mol. The van der Waals surface area contributed by atoms with Crippen LogP contribution in [0.1, 0.15) is 95.6 Å². The van der Waals surface area contributed by atoms with Gasteiger partial charge in [0.05, 0.1) is 19.4 Å². The summed E-state index contributed by atoms with van der Waals surface area (Å²) in [5.41, 5.74) is 1.72. The van der Waals surface area contributed by atoms with Crippen molar-refractivity contribution in [2.75, 3.05) is 43.7 Å². The molecular weight excluding hydrogens is 1050 g/mol. The van der Waals surface area contributed by atoms with Gasteiger partial charge in [-0.15, -0.1) is 0 Å². The first-order valence-corrected chi connectivity index (χ1v) is 29.1. The Labute approximate surface area is 451 Å². The molecule has 3 rings (SSSR count). The third-order valence-corrected chi connectivity index (χ3v) is 13.5. The minimum Gasteiger partial charge on any atom is -0.481 e. The van der Waals surface area contributed by atoms with Gasteiger partial charge < -0.3 is 56.2 Å². The molecule has 76 heavy (non-hydrogen) atoms. The highest BCUT2D eigenvalue weighted by atomic mass is 32.3. The number of thioether (sulfide) groups is 2. The van der Waals surface area contributed by atoms with Crippen molar-refractivity contribution in [1.29, 1.82) is 0 Å². The lowest BCUT2D eigenvalue weighted by molar-refractivity contribution is -0.144. The molecule has 0 fully saturated rings. The predicted molar refractivity (Wildman–Crippen MR) is 288 cm³/mol. The van der Waals surface area contributed by atoms with E-state index in [1.807, 2.05) is 32.0 Å². The number of aromatic nitrogens is 1. The van der Waals surface area contributed by atoms with Crippen molar-refractivity contribution in [1.82, 2.24) is 41.8 Å². The second-order valence-corrected chi connectivity index (χ2v) is 20.9. The maximum Gasteiger partial charge on any atom is 0.446 e. The number of nitrogens with zero attached hydrogens (tertiary/aromatic N) is 1. The molecule has 0 aliphatic rings. The van der Waals surface area contributed by atoms with E-state index in [0.29, 0.717) is 48.6 Å². The first-order valence-electron chi connectivity index (χ1n) is 25.0. The Kier molecular flexibility index (Phi) is 28.3. The Morgan fingerprint density at radius 3 is 1.74 bits per heavy atom. The average Bonchev–Trinajstić information content (AvgIpc) is 3.78. The molecule has 0 aliphatic heterocycles. The van der Waals surface area contributed by atoms with Crippen molar-refractivity contribution in [3.63, 3.8) is 0 Å². The topological polar surface area (TPSA) is 349 Å². The van der Waals surface area contributed by atoms with Gasteiger partial charge in [-0.05, 0) is 79.0 Å². The number of fused-ring (bicyclic) bond motifs is 1. The number of hydrogen-bond acceptors (Lipinski definition) is 14. The van der Waals surface area contributed by atoms with E-state index in [2.05, 4.69) is 41.1 Å². The third-order valence-electron chi connectivity index (χ3n) is 11.8. The molecule has 0 saturated heterocycles. The fourth-order valence-corrected chi connectivity index (χ4v) is 9.16. The number of carboxylic acids is 2. The van der Waals surface area contributed by atoms with Gasteiger partial charge >= 0.3 is 22.3 Å². The van der Waals surface area contributed by atoms with Crippen molar-refractivity contribution >= 4 is 98.1 Å². The zero-order valence-electron chi connectivity index (χ0n) is 43.2. The van der Waals surface area contributed by atoms with E-state index in [9.17, 15) is 56.7 Å². The van der Waals surface area contributed by atoms with Crippen molar-refractivity contribution in [2.24, 2.45) is 0 Å². The molecule has 0 saturated carbocycles. The molecule has 2 aromatic carbocycles. The van der Waals surface area contributed by atoms with Crippen LogP contribution >= 0.6 is 23.5 Å². The van der Waals surface area contributed by atoms with Gasteiger partial charge in [0.2, 0.25) is 41.4 Å². The minimum absolute atomic E-state index is 0.0431. The Morgan fingerprint density at radius 1 is 0.645 bits per heavy atom. The first-order chi connectivity index (χ1) is 36.2. The number of carbonyl (C=O) groups is 9. The number of aromatic amines is 1. The lowest BCUT2D eigenvalue weighted by Crippen LogP contribution is -2.58. The Bertz CT molecular complexity index is 2520. The van der Waals surface area contributed by atoms with Crippen LogP contribution in [0.3, 0.4) is 0 Å². The number of para-hydroxylation sites is 1. The quantitative estimate of drug-likeness (QED) is 0.0293. The molecule has 0 bridgehead atoms. The predicted octanol–water partition coefficient (Wildman–Crippen LogP) is 2.73. The molecule has 0 aliphatic carbocycles. The van der Waals surface area contributed by atoms with E-state index in [-0.39, 0.29) is 31.4 Å². The highest BCUT2D eigenvalue weighted by Crippen LogP contribution is 2.20. The van der Waals surface area contributed by atoms with Crippen LogP contribution in [0.5, 0.6) is 5.75 Å². The van der Waals surface area contributed by atoms with Crippen LogP contribution in [0.25, 0.3) is 10.9 Å². The number of H-pyrrole nitrogens is 1. The molecule has 23 nitrogen and oxygen atoms in total. The zero-order chi connectivity index (χ0) is 56.2. The summed E-state index contributed by atoms with van der Waals surface area (Å²) in [6.45, 7) is 4.11. The van der Waals surface area contributed by atoms with E-state index >= 15 is 0 Å². The maximum absolute atomic E-state index is 14.4. The number of unbranched alkanes of at least 4 members (excludes halogenated alkanes) is 4. The first kappa shape index (κ1) is 63.9. The fourth-order valence-electron chi connectivity index (χ4n) is 7.86. The summed E-state index contributed by atoms with van der Waals surface area (Å²) in [4.78, 5) is 125. The van der Waals surface area contributed by atoms with Crippen LogP contribution in [0, 0.1) is 0 Å². The highest BCUT2D eigenvalue weighted by molar-refractivity contribution is 7.98. The molecule has 1 aromatic heterocycles. The van der Waals surface area contributed by atoms with Gasteiger partial charge in [-0.25, -0.2) is 0 Å². The second-order valence-electron chi connectivity index (χ2n) is 17.9. The van der Waals surface area contributed by atoms with Crippen molar-refractivity contribution in [2.45, 2.75) is 128 Å². The Hall–Kier alpha value is -6.38. The summed E-state index contributed by atoms with van der Waals surface area (Å²) in [5.74, 6) is -7.56. The van der Waals surface area contributed by atoms with E-state index in [0.717, 1.165) is 36.6 Å². The molecule has 0 radical (unpaired) electrons. The minimum atomic E-state index is -4.84. The van der Waals surface area contributed by atoms with Gasteiger partial charge in [0, 0.05) is 49.5 Å². The van der Waals surface area contributed by atoms with Gasteiger partial charge in [-0.2, -0.15) is 31.9 Å². The lowest BCUT2D eigenvalue weighted by atomic mass is 10.0. The summed E-state index contributed by atoms with van der Waals surface area (Å²) in [6, 6.07) is 5.57. The van der Waals surface area contributed by atoms with Crippen molar-refractivity contribution in [3.05, 3.63) is 65.9 Å². The standard InChI is InChI=1S/C50H72N8O15S3/c1-5-7-11-23-58(24-12-8-6-2)50(69)41(29-45(63)64)57-47(66)38(22-26-75-4)56-49(68)40(28-33-30-51-36-14-10-9-13-35(33)36)54-43(60)31-52-46(65)37(21-25-74-3)55-48(67)39(53-42(59)19-20-44(61)62)27-32-15-17-34(18-16-32)73-76(70,71)72/h9-10,13-18,30,37-41,51H,5-8,11-12,19-29,31H2,1-4H3,(H,52,65)(H,53,59)(H,54,60)(H,55,67)(H,56,68)(H,57,66)(H,61,62)(H,63,64)(H,70,71,72)/t37-,38-,39-,40-,41-/m0/s1. The fraction of sp³-hybridized carbons (Fsp3) is 0.540. The smallest absolute Gasteiger partial charge is 0.446 e. The molecule has 0 spiro atoms. The number of carboxylic acid groups (broad SMARTS) is 2. The number of amides is 7. The lowest BCUT2D eigenvalue weighted by Gasteiger charge is -2.29. The van der Waals surface area contributed by atoms with E-state index in [4.69, 9.17) is 9.66 Å². The van der Waals surface area contributed by atoms with E-state index < -0.39 is 120 Å². The van der Waals surface area contributed by atoms with Crippen LogP contribution in [-0.2, 0) is 66.4 Å². The molecule has 26 heteroatoms. The molecule has 0 unspecified atom stereocenters. The van der Waals surface area contributed by atoms with Crippen LogP contribution in [0.4, 0.5) is 0 Å². The van der Waals surface area contributed by atoms with Crippen LogP contribution in [0.15, 0.2) is 54.7 Å². The SMILES string of the molecule is CCCCCN(CCCCC)C(=O)[C@H](CC(=O)O)NC(=O)[C@H](CCSC)NC(=O)[C@H](Cc1c[nH]c2ccccc12)NC(=O)CNC(=O)[C@H](CCSC)NC(=O)[C@H](Cc1ccc(OS(=O)(=O)O)cc1)NC(=O)CCC(=O)O. The summed E-state index contributed by atoms with van der Waals surface area (Å²) >= 11 is 2.73. The van der Waals surface area contributed by atoms with Crippen LogP contribution < -0.4 is 36.1 Å². The van der Waals surface area contributed by atoms with Gasteiger partial charge in [0.25, 0.3) is 0 Å². The highest BCUT2D eigenvalue weighted by Gasteiger charge is 2.34. The largest absolute Gasteiger partial charge is 0.481 e.